The van der Waals surface area contributed by atoms with Crippen LogP contribution in [0.5, 0.6) is 0 Å². The second-order valence-corrected chi connectivity index (χ2v) is 12.0. The molecule has 0 saturated carbocycles. The van der Waals surface area contributed by atoms with Crippen molar-refractivity contribution in [3.63, 3.8) is 0 Å². The Labute approximate surface area is 264 Å². The van der Waals surface area contributed by atoms with Gasteiger partial charge in [0, 0.05) is 45.1 Å². The molecule has 1 saturated heterocycles. The number of hydrogen-bond acceptors (Lipinski definition) is 4. The minimum Gasteiger partial charge on any atom is -0.370 e. The molecule has 0 aliphatic carbocycles. The number of carbonyl (C=O) groups is 3. The number of benzene rings is 4. The minimum absolute atomic E-state index is 0.0197. The molecule has 3 amide bonds. The molecule has 5 rings (SSSR count). The van der Waals surface area contributed by atoms with Crippen LogP contribution in [0.2, 0.25) is 0 Å². The molecule has 1 fully saturated rings. The molecule has 0 radical (unpaired) electrons. The number of piperazine rings is 1. The Morgan fingerprint density at radius 1 is 0.867 bits per heavy atom. The first kappa shape index (κ1) is 31.5. The summed E-state index contributed by atoms with van der Waals surface area (Å²) in [5.74, 6) is -0.509. The standard InChI is InChI=1S/C36H42N6O3/c1-24-22-42(35(45)33(40-25(2)43)20-26-13-15-28-8-3-5-10-30(28)18-26)32(12-7-17-39-36(37)38)23-41(24)34(44)21-27-14-16-29-9-4-6-11-31(29)19-27/h3-6,8-11,13-16,18-19,24,32-33H,7,12,17,20-23H2,1-2H3,(H,40,43)(H4,37,38,39)/t24-,32+,33+/m1/s1. The number of fused-ring (bicyclic) bond motifs is 2. The Hall–Kier alpha value is -4.92. The number of guanidine groups is 1. The van der Waals surface area contributed by atoms with Crippen molar-refractivity contribution >= 4 is 45.2 Å². The highest BCUT2D eigenvalue weighted by Crippen LogP contribution is 2.24. The highest BCUT2D eigenvalue weighted by atomic mass is 16.2. The summed E-state index contributed by atoms with van der Waals surface area (Å²) in [7, 11) is 0. The van der Waals surface area contributed by atoms with Gasteiger partial charge in [-0.05, 0) is 52.4 Å². The largest absolute Gasteiger partial charge is 0.370 e. The van der Waals surface area contributed by atoms with Crippen LogP contribution in [0.15, 0.2) is 84.9 Å². The number of hydrogen-bond donors (Lipinski definition) is 4. The van der Waals surface area contributed by atoms with E-state index in [0.717, 1.165) is 32.7 Å². The SMILES string of the molecule is CC(=O)N[C@@H](Cc1ccc2ccccc2c1)C(=O)N1C[C@@H](C)N(C(=O)Cc2ccc3ccccc3c2)C[C@@H]1CCCNC(=N)N. The van der Waals surface area contributed by atoms with Gasteiger partial charge in [0.15, 0.2) is 5.96 Å². The van der Waals surface area contributed by atoms with Gasteiger partial charge in [0.25, 0.3) is 0 Å². The predicted octanol–water partition coefficient (Wildman–Crippen LogP) is 3.97. The van der Waals surface area contributed by atoms with Crippen molar-refractivity contribution in [2.75, 3.05) is 19.6 Å². The molecular weight excluding hydrogens is 564 g/mol. The van der Waals surface area contributed by atoms with E-state index in [0.29, 0.717) is 38.9 Å². The van der Waals surface area contributed by atoms with Crippen molar-refractivity contribution < 1.29 is 14.4 Å². The quantitative estimate of drug-likeness (QED) is 0.123. The molecule has 0 unspecified atom stereocenters. The molecule has 0 aromatic heterocycles. The van der Waals surface area contributed by atoms with Gasteiger partial charge >= 0.3 is 0 Å². The summed E-state index contributed by atoms with van der Waals surface area (Å²) in [6.45, 7) is 4.64. The van der Waals surface area contributed by atoms with Gasteiger partial charge in [-0.1, -0.05) is 84.9 Å². The lowest BCUT2D eigenvalue weighted by Crippen LogP contribution is -2.63. The van der Waals surface area contributed by atoms with Crippen LogP contribution < -0.4 is 16.4 Å². The Morgan fingerprint density at radius 2 is 1.47 bits per heavy atom. The number of nitrogens with one attached hydrogen (secondary N) is 3. The zero-order valence-corrected chi connectivity index (χ0v) is 26.0. The van der Waals surface area contributed by atoms with Crippen molar-refractivity contribution in [2.24, 2.45) is 5.73 Å². The summed E-state index contributed by atoms with van der Waals surface area (Å²) in [5.41, 5.74) is 7.39. The van der Waals surface area contributed by atoms with E-state index >= 15 is 0 Å². The maximum Gasteiger partial charge on any atom is 0.245 e. The van der Waals surface area contributed by atoms with Crippen LogP contribution >= 0.6 is 0 Å². The summed E-state index contributed by atoms with van der Waals surface area (Å²) in [4.78, 5) is 43.9. The number of nitrogens with zero attached hydrogens (tertiary/aromatic N) is 2. The highest BCUT2D eigenvalue weighted by Gasteiger charge is 2.38. The maximum absolute atomic E-state index is 14.2. The second kappa shape index (κ2) is 14.2. The Bertz CT molecular complexity index is 1700. The van der Waals surface area contributed by atoms with E-state index in [-0.39, 0.29) is 42.2 Å². The zero-order valence-electron chi connectivity index (χ0n) is 26.0. The summed E-state index contributed by atoms with van der Waals surface area (Å²) in [6.07, 6.45) is 1.90. The average molecular weight is 607 g/mol. The highest BCUT2D eigenvalue weighted by molar-refractivity contribution is 5.89. The van der Waals surface area contributed by atoms with E-state index in [1.807, 2.05) is 83.5 Å². The third kappa shape index (κ3) is 7.98. The third-order valence-corrected chi connectivity index (χ3v) is 8.57. The van der Waals surface area contributed by atoms with Gasteiger partial charge in [-0.3, -0.25) is 19.8 Å². The van der Waals surface area contributed by atoms with Crippen LogP contribution in [0.25, 0.3) is 21.5 Å². The van der Waals surface area contributed by atoms with E-state index in [1.54, 1.807) is 0 Å². The maximum atomic E-state index is 14.2. The summed E-state index contributed by atoms with van der Waals surface area (Å²) >= 11 is 0. The van der Waals surface area contributed by atoms with Crippen LogP contribution in [0.1, 0.15) is 37.8 Å². The molecule has 4 aromatic rings. The Balaban J connectivity index is 1.35. The molecule has 3 atom stereocenters. The molecular formula is C36H42N6O3. The summed E-state index contributed by atoms with van der Waals surface area (Å²) < 4.78 is 0. The van der Waals surface area contributed by atoms with Crippen molar-refractivity contribution in [1.29, 1.82) is 5.41 Å². The number of nitrogens with two attached hydrogens (primary N) is 1. The van der Waals surface area contributed by atoms with Crippen molar-refractivity contribution in [1.82, 2.24) is 20.4 Å². The molecule has 234 valence electrons. The van der Waals surface area contributed by atoms with Crippen molar-refractivity contribution in [3.8, 4) is 0 Å². The first-order chi connectivity index (χ1) is 21.7. The van der Waals surface area contributed by atoms with Gasteiger partial charge in [0.2, 0.25) is 17.7 Å². The lowest BCUT2D eigenvalue weighted by molar-refractivity contribution is -0.148. The normalized spacial score (nSPS) is 17.2. The lowest BCUT2D eigenvalue weighted by atomic mass is 9.97. The molecule has 4 aromatic carbocycles. The molecule has 45 heavy (non-hydrogen) atoms. The van der Waals surface area contributed by atoms with Crippen molar-refractivity contribution in [2.45, 2.75) is 57.7 Å². The first-order valence-corrected chi connectivity index (χ1v) is 15.6. The topological polar surface area (TPSA) is 132 Å². The molecule has 0 spiro atoms. The van der Waals surface area contributed by atoms with Gasteiger partial charge in [0.05, 0.1) is 6.42 Å². The fraction of sp³-hybridized carbons (Fsp3) is 0.333. The number of amides is 3. The van der Waals surface area contributed by atoms with Crippen LogP contribution in [-0.2, 0) is 27.2 Å². The zero-order chi connectivity index (χ0) is 31.9. The van der Waals surface area contributed by atoms with Crippen LogP contribution in [-0.4, -0.2) is 71.2 Å². The molecule has 0 bridgehead atoms. The number of rotatable bonds is 10. The average Bonchev–Trinajstić information content (AvgIpc) is 3.02. The lowest BCUT2D eigenvalue weighted by Gasteiger charge is -2.46. The van der Waals surface area contributed by atoms with E-state index < -0.39 is 6.04 Å². The molecule has 1 aliphatic heterocycles. The summed E-state index contributed by atoms with van der Waals surface area (Å²) in [6, 6.07) is 27.2. The molecule has 9 nitrogen and oxygen atoms in total. The molecule has 1 aliphatic rings. The van der Waals surface area contributed by atoms with Crippen molar-refractivity contribution in [3.05, 3.63) is 96.1 Å². The Kier molecular flexibility index (Phi) is 9.97. The molecule has 5 N–H and O–H groups in total. The van der Waals surface area contributed by atoms with E-state index in [2.05, 4.69) is 28.8 Å². The third-order valence-electron chi connectivity index (χ3n) is 8.57. The molecule has 1 heterocycles. The van der Waals surface area contributed by atoms with Gasteiger partial charge < -0.3 is 26.2 Å². The van der Waals surface area contributed by atoms with E-state index in [4.69, 9.17) is 11.1 Å². The minimum atomic E-state index is -0.742. The van der Waals surface area contributed by atoms with Crippen LogP contribution in [0.3, 0.4) is 0 Å². The van der Waals surface area contributed by atoms with Gasteiger partial charge in [0.1, 0.15) is 6.04 Å². The first-order valence-electron chi connectivity index (χ1n) is 15.6. The van der Waals surface area contributed by atoms with E-state index in [9.17, 15) is 14.4 Å². The summed E-state index contributed by atoms with van der Waals surface area (Å²) in [5, 5.41) is 17.6. The van der Waals surface area contributed by atoms with E-state index in [1.165, 1.54) is 6.92 Å². The van der Waals surface area contributed by atoms with Gasteiger partial charge in [-0.25, -0.2) is 0 Å². The smallest absolute Gasteiger partial charge is 0.245 e. The second-order valence-electron chi connectivity index (χ2n) is 12.0. The predicted molar refractivity (Wildman–Crippen MR) is 179 cm³/mol. The number of carbonyl (C=O) groups excluding carboxylic acids is 3. The van der Waals surface area contributed by atoms with Gasteiger partial charge in [-0.15, -0.1) is 0 Å². The fourth-order valence-electron chi connectivity index (χ4n) is 6.34. The van der Waals surface area contributed by atoms with Crippen LogP contribution in [0, 0.1) is 5.41 Å². The monoisotopic (exact) mass is 606 g/mol. The molecule has 9 heteroatoms. The fourth-order valence-corrected chi connectivity index (χ4v) is 6.34. The Morgan fingerprint density at radius 3 is 2.09 bits per heavy atom. The van der Waals surface area contributed by atoms with Gasteiger partial charge in [-0.2, -0.15) is 0 Å². The van der Waals surface area contributed by atoms with Crippen LogP contribution in [0.4, 0.5) is 0 Å².